The van der Waals surface area contributed by atoms with Gasteiger partial charge in [-0.3, -0.25) is 0 Å². The number of aromatic nitrogens is 3. The van der Waals surface area contributed by atoms with Gasteiger partial charge in [0, 0.05) is 24.5 Å². The quantitative estimate of drug-likeness (QED) is 0.861. The Labute approximate surface area is 93.1 Å². The molecule has 0 aliphatic rings. The lowest BCUT2D eigenvalue weighted by atomic mass is 10.4. The molecule has 16 heavy (non-hydrogen) atoms. The van der Waals surface area contributed by atoms with Crippen LogP contribution in [0.4, 0.5) is 10.2 Å². The second-order valence-electron chi connectivity index (χ2n) is 3.44. The van der Waals surface area contributed by atoms with Crippen LogP contribution in [0.5, 0.6) is 0 Å². The molecule has 0 atom stereocenters. The lowest BCUT2D eigenvalue weighted by molar-refractivity contribution is 0.601. The van der Waals surface area contributed by atoms with Gasteiger partial charge in [0.25, 0.3) is 0 Å². The van der Waals surface area contributed by atoms with E-state index in [-0.39, 0.29) is 11.6 Å². The molecule has 2 heterocycles. The van der Waals surface area contributed by atoms with E-state index in [4.69, 9.17) is 0 Å². The van der Waals surface area contributed by atoms with Crippen LogP contribution in [0.1, 0.15) is 12.5 Å². The van der Waals surface area contributed by atoms with Gasteiger partial charge in [0.15, 0.2) is 17.5 Å². The van der Waals surface area contributed by atoms with Gasteiger partial charge in [-0.2, -0.15) is 0 Å². The van der Waals surface area contributed by atoms with Gasteiger partial charge in [-0.1, -0.05) is 0 Å². The Morgan fingerprint density at radius 1 is 1.50 bits per heavy atom. The third-order valence-corrected chi connectivity index (χ3v) is 2.20. The van der Waals surface area contributed by atoms with Crippen LogP contribution in [0.25, 0.3) is 5.82 Å². The van der Waals surface area contributed by atoms with Crippen molar-refractivity contribution in [2.45, 2.75) is 13.8 Å². The summed E-state index contributed by atoms with van der Waals surface area (Å²) in [6, 6.07) is 2.92. The Hall–Kier alpha value is -1.91. The Balaban J connectivity index is 2.42. The van der Waals surface area contributed by atoms with Crippen molar-refractivity contribution in [1.82, 2.24) is 14.8 Å². The molecule has 0 unspecified atom stereocenters. The van der Waals surface area contributed by atoms with Crippen LogP contribution in [0, 0.1) is 12.7 Å². The SMILES string of the molecule is CCNc1nn(-c2ncccc2F)cc1C. The zero-order chi connectivity index (χ0) is 11.5. The Bertz CT molecular complexity index is 492. The average Bonchev–Trinajstić information content (AvgIpc) is 2.61. The molecule has 2 aromatic rings. The lowest BCUT2D eigenvalue weighted by Crippen LogP contribution is -2.03. The van der Waals surface area contributed by atoms with Crippen LogP contribution in [-0.4, -0.2) is 21.3 Å². The minimum Gasteiger partial charge on any atom is -0.369 e. The van der Waals surface area contributed by atoms with Gasteiger partial charge in [-0.15, -0.1) is 5.10 Å². The first kappa shape index (κ1) is 10.6. The zero-order valence-corrected chi connectivity index (χ0v) is 9.24. The smallest absolute Gasteiger partial charge is 0.189 e. The highest BCUT2D eigenvalue weighted by Gasteiger charge is 2.09. The van der Waals surface area contributed by atoms with E-state index in [2.05, 4.69) is 15.4 Å². The summed E-state index contributed by atoms with van der Waals surface area (Å²) in [5, 5.41) is 7.34. The molecular weight excluding hydrogens is 207 g/mol. The van der Waals surface area contributed by atoms with Gasteiger partial charge in [-0.25, -0.2) is 14.1 Å². The number of hydrogen-bond donors (Lipinski definition) is 1. The first-order chi connectivity index (χ1) is 7.72. The molecule has 4 nitrogen and oxygen atoms in total. The minimum atomic E-state index is -0.381. The largest absolute Gasteiger partial charge is 0.369 e. The predicted molar refractivity (Wildman–Crippen MR) is 60.2 cm³/mol. The Kier molecular flexibility index (Phi) is 2.85. The van der Waals surface area contributed by atoms with Gasteiger partial charge >= 0.3 is 0 Å². The minimum absolute atomic E-state index is 0.217. The van der Waals surface area contributed by atoms with Crippen LogP contribution in [-0.2, 0) is 0 Å². The predicted octanol–water partition coefficient (Wildman–Crippen LogP) is 2.15. The normalized spacial score (nSPS) is 10.4. The molecule has 0 aliphatic heterocycles. The summed E-state index contributed by atoms with van der Waals surface area (Å²) in [6.07, 6.45) is 3.30. The number of aryl methyl sites for hydroxylation is 1. The molecule has 0 saturated heterocycles. The van der Waals surface area contributed by atoms with Crippen LogP contribution < -0.4 is 5.32 Å². The van der Waals surface area contributed by atoms with Crippen molar-refractivity contribution in [3.63, 3.8) is 0 Å². The molecule has 0 fully saturated rings. The summed E-state index contributed by atoms with van der Waals surface area (Å²) in [7, 11) is 0. The van der Waals surface area contributed by atoms with Gasteiger partial charge < -0.3 is 5.32 Å². The molecule has 84 valence electrons. The lowest BCUT2D eigenvalue weighted by Gasteiger charge is -2.01. The van der Waals surface area contributed by atoms with Crippen molar-refractivity contribution < 1.29 is 4.39 Å². The average molecular weight is 220 g/mol. The van der Waals surface area contributed by atoms with E-state index in [1.54, 1.807) is 18.5 Å². The van der Waals surface area contributed by atoms with Crippen molar-refractivity contribution in [1.29, 1.82) is 0 Å². The zero-order valence-electron chi connectivity index (χ0n) is 9.24. The molecule has 0 aromatic carbocycles. The van der Waals surface area contributed by atoms with Crippen molar-refractivity contribution in [3.05, 3.63) is 35.9 Å². The number of hydrogen-bond acceptors (Lipinski definition) is 3. The molecule has 1 N–H and O–H groups in total. The van der Waals surface area contributed by atoms with E-state index in [9.17, 15) is 4.39 Å². The molecule has 0 radical (unpaired) electrons. The maximum atomic E-state index is 13.5. The van der Waals surface area contributed by atoms with Crippen LogP contribution in [0.3, 0.4) is 0 Å². The number of nitrogens with zero attached hydrogens (tertiary/aromatic N) is 3. The van der Waals surface area contributed by atoms with Gasteiger partial charge in [0.2, 0.25) is 0 Å². The third kappa shape index (κ3) is 1.88. The molecule has 0 aliphatic carbocycles. The molecule has 0 spiro atoms. The highest BCUT2D eigenvalue weighted by Crippen LogP contribution is 2.15. The second-order valence-corrected chi connectivity index (χ2v) is 3.44. The number of anilines is 1. The van der Waals surface area contributed by atoms with Crippen LogP contribution >= 0.6 is 0 Å². The third-order valence-electron chi connectivity index (χ3n) is 2.20. The van der Waals surface area contributed by atoms with E-state index in [0.717, 1.165) is 17.9 Å². The number of pyridine rings is 1. The van der Waals surface area contributed by atoms with E-state index in [0.29, 0.717) is 0 Å². The highest BCUT2D eigenvalue weighted by molar-refractivity contribution is 5.43. The molecule has 0 amide bonds. The van der Waals surface area contributed by atoms with Crippen molar-refractivity contribution >= 4 is 5.82 Å². The summed E-state index contributed by atoms with van der Waals surface area (Å²) in [6.45, 7) is 4.69. The first-order valence-electron chi connectivity index (χ1n) is 5.13. The van der Waals surface area contributed by atoms with E-state index >= 15 is 0 Å². The number of halogens is 1. The van der Waals surface area contributed by atoms with Crippen LogP contribution in [0.2, 0.25) is 0 Å². The number of nitrogens with one attached hydrogen (secondary N) is 1. The van der Waals surface area contributed by atoms with Crippen LogP contribution in [0.15, 0.2) is 24.5 Å². The van der Waals surface area contributed by atoms with Crippen molar-refractivity contribution in [2.24, 2.45) is 0 Å². The summed E-state index contributed by atoms with van der Waals surface area (Å²) < 4.78 is 14.9. The fraction of sp³-hybridized carbons (Fsp3) is 0.273. The fourth-order valence-corrected chi connectivity index (χ4v) is 1.46. The maximum absolute atomic E-state index is 13.5. The molecule has 2 rings (SSSR count). The number of rotatable bonds is 3. The van der Waals surface area contributed by atoms with Gasteiger partial charge in [0.1, 0.15) is 0 Å². The van der Waals surface area contributed by atoms with Crippen molar-refractivity contribution in [3.8, 4) is 5.82 Å². The fourth-order valence-electron chi connectivity index (χ4n) is 1.46. The molecule has 5 heteroatoms. The first-order valence-corrected chi connectivity index (χ1v) is 5.13. The molecule has 0 bridgehead atoms. The Morgan fingerprint density at radius 2 is 2.31 bits per heavy atom. The standard InChI is InChI=1S/C11H13FN4/c1-3-13-10-8(2)7-16(15-10)11-9(12)5-4-6-14-11/h4-7H,3H2,1-2H3,(H,13,15). The molecule has 0 saturated carbocycles. The van der Waals surface area contributed by atoms with E-state index in [1.165, 1.54) is 10.7 Å². The van der Waals surface area contributed by atoms with E-state index < -0.39 is 0 Å². The topological polar surface area (TPSA) is 42.7 Å². The summed E-state index contributed by atoms with van der Waals surface area (Å²) in [5.41, 5.74) is 0.965. The summed E-state index contributed by atoms with van der Waals surface area (Å²) in [4.78, 5) is 3.96. The van der Waals surface area contributed by atoms with Crippen molar-refractivity contribution in [2.75, 3.05) is 11.9 Å². The maximum Gasteiger partial charge on any atom is 0.189 e. The Morgan fingerprint density at radius 3 is 3.00 bits per heavy atom. The summed E-state index contributed by atoms with van der Waals surface area (Å²) >= 11 is 0. The van der Waals surface area contributed by atoms with Gasteiger partial charge in [-0.05, 0) is 26.0 Å². The monoisotopic (exact) mass is 220 g/mol. The van der Waals surface area contributed by atoms with Gasteiger partial charge in [0.05, 0.1) is 0 Å². The molecular formula is C11H13FN4. The van der Waals surface area contributed by atoms with E-state index in [1.807, 2.05) is 13.8 Å². The molecule has 2 aromatic heterocycles. The summed E-state index contributed by atoms with van der Waals surface area (Å²) in [5.74, 6) is 0.593. The highest BCUT2D eigenvalue weighted by atomic mass is 19.1. The second kappa shape index (κ2) is 4.30.